The fraction of sp³-hybridized carbons (Fsp3) is 0.353. The van der Waals surface area contributed by atoms with Gasteiger partial charge in [-0.25, -0.2) is 13.4 Å². The number of benzene rings is 1. The molecule has 3 aromatic rings. The zero-order valence-electron chi connectivity index (χ0n) is 14.3. The van der Waals surface area contributed by atoms with Gasteiger partial charge in [0, 0.05) is 37.6 Å². The molecule has 0 saturated carbocycles. The summed E-state index contributed by atoms with van der Waals surface area (Å²) in [6.45, 7) is 1.51. The van der Waals surface area contributed by atoms with Gasteiger partial charge in [0.2, 0.25) is 5.95 Å². The molecule has 0 unspecified atom stereocenters. The van der Waals surface area contributed by atoms with E-state index in [1.54, 1.807) is 30.5 Å². The summed E-state index contributed by atoms with van der Waals surface area (Å²) in [5.41, 5.74) is 1.34. The van der Waals surface area contributed by atoms with Crippen molar-refractivity contribution in [3.05, 3.63) is 36.7 Å². The molecule has 3 heterocycles. The second-order valence-electron chi connectivity index (χ2n) is 6.35. The Balaban J connectivity index is 1.55. The van der Waals surface area contributed by atoms with Crippen molar-refractivity contribution < 1.29 is 13.2 Å². The molecule has 1 aliphatic rings. The summed E-state index contributed by atoms with van der Waals surface area (Å²) in [4.78, 5) is 9.04. The molecule has 2 aromatic heterocycles. The number of rotatable bonds is 4. The van der Waals surface area contributed by atoms with Crippen LogP contribution in [0.4, 0.5) is 11.6 Å². The average molecular weight is 373 g/mol. The molecule has 1 aliphatic heterocycles. The van der Waals surface area contributed by atoms with E-state index in [2.05, 4.69) is 20.4 Å². The smallest absolute Gasteiger partial charge is 0.229 e. The topological polar surface area (TPSA) is 99.0 Å². The van der Waals surface area contributed by atoms with Crippen LogP contribution >= 0.6 is 0 Å². The van der Waals surface area contributed by atoms with E-state index in [4.69, 9.17) is 4.74 Å². The third-order valence-corrected chi connectivity index (χ3v) is 5.51. The van der Waals surface area contributed by atoms with E-state index in [1.165, 1.54) is 6.26 Å². The number of anilines is 2. The fourth-order valence-corrected chi connectivity index (χ4v) is 3.58. The van der Waals surface area contributed by atoms with Gasteiger partial charge in [0.25, 0.3) is 0 Å². The number of fused-ring (bicyclic) bond motifs is 1. The van der Waals surface area contributed by atoms with E-state index in [-0.39, 0.29) is 4.90 Å². The SMILES string of the molecule is CS(=O)(=O)c1ccc(Nc2ncc3cn(C4CCOCC4)nc3n2)cc1. The van der Waals surface area contributed by atoms with Gasteiger partial charge in [0.1, 0.15) is 0 Å². The van der Waals surface area contributed by atoms with E-state index >= 15 is 0 Å². The van der Waals surface area contributed by atoms with Crippen molar-refractivity contribution in [1.82, 2.24) is 19.7 Å². The molecule has 0 amide bonds. The van der Waals surface area contributed by atoms with Crippen LogP contribution in [-0.4, -0.2) is 47.6 Å². The Hall–Kier alpha value is -2.52. The monoisotopic (exact) mass is 373 g/mol. The Morgan fingerprint density at radius 1 is 1.19 bits per heavy atom. The zero-order chi connectivity index (χ0) is 18.1. The largest absolute Gasteiger partial charge is 0.381 e. The summed E-state index contributed by atoms with van der Waals surface area (Å²) in [7, 11) is -3.21. The molecule has 26 heavy (non-hydrogen) atoms. The van der Waals surface area contributed by atoms with Crippen molar-refractivity contribution in [3.8, 4) is 0 Å². The van der Waals surface area contributed by atoms with Crippen molar-refractivity contribution in [3.63, 3.8) is 0 Å². The predicted octanol–water partition coefficient (Wildman–Crippen LogP) is 2.32. The summed E-state index contributed by atoms with van der Waals surface area (Å²) in [5.74, 6) is 0.418. The van der Waals surface area contributed by atoms with Gasteiger partial charge in [0.15, 0.2) is 15.5 Å². The highest BCUT2D eigenvalue weighted by Crippen LogP contribution is 2.23. The third-order valence-electron chi connectivity index (χ3n) is 4.38. The molecule has 1 saturated heterocycles. The molecule has 1 aromatic carbocycles. The minimum absolute atomic E-state index is 0.273. The van der Waals surface area contributed by atoms with Gasteiger partial charge in [-0.1, -0.05) is 0 Å². The Morgan fingerprint density at radius 2 is 1.92 bits per heavy atom. The van der Waals surface area contributed by atoms with E-state index in [9.17, 15) is 8.42 Å². The van der Waals surface area contributed by atoms with Crippen LogP contribution in [0.3, 0.4) is 0 Å². The number of nitrogens with one attached hydrogen (secondary N) is 1. The maximum atomic E-state index is 11.5. The van der Waals surface area contributed by atoms with Gasteiger partial charge in [-0.2, -0.15) is 10.1 Å². The van der Waals surface area contributed by atoms with Gasteiger partial charge >= 0.3 is 0 Å². The van der Waals surface area contributed by atoms with Crippen LogP contribution in [0, 0.1) is 0 Å². The van der Waals surface area contributed by atoms with E-state index in [0.29, 0.717) is 23.3 Å². The van der Waals surface area contributed by atoms with Crippen LogP contribution in [0.2, 0.25) is 0 Å². The number of nitrogens with zero attached hydrogens (tertiary/aromatic N) is 4. The highest BCUT2D eigenvalue weighted by Gasteiger charge is 2.17. The minimum atomic E-state index is -3.21. The number of ether oxygens (including phenoxy) is 1. The third kappa shape index (κ3) is 3.54. The van der Waals surface area contributed by atoms with E-state index < -0.39 is 9.84 Å². The standard InChI is InChI=1S/C17H19N5O3S/c1-26(23,24)15-4-2-13(3-5-15)19-17-18-10-12-11-22(21-16(12)20-17)14-6-8-25-9-7-14/h2-5,10-11,14H,6-9H2,1H3,(H,19,20,21). The molecule has 9 heteroatoms. The molecule has 1 N–H and O–H groups in total. The van der Waals surface area contributed by atoms with Crippen LogP contribution in [0.5, 0.6) is 0 Å². The fourth-order valence-electron chi connectivity index (χ4n) is 2.95. The zero-order valence-corrected chi connectivity index (χ0v) is 15.1. The highest BCUT2D eigenvalue weighted by molar-refractivity contribution is 7.90. The second-order valence-corrected chi connectivity index (χ2v) is 8.36. The summed E-state index contributed by atoms with van der Waals surface area (Å²) in [5, 5.41) is 8.54. The molecule has 0 spiro atoms. The molecule has 0 bridgehead atoms. The van der Waals surface area contributed by atoms with Gasteiger partial charge in [-0.15, -0.1) is 0 Å². The number of aromatic nitrogens is 4. The molecule has 8 nitrogen and oxygen atoms in total. The van der Waals surface area contributed by atoms with Crippen LogP contribution in [-0.2, 0) is 14.6 Å². The van der Waals surface area contributed by atoms with Crippen LogP contribution in [0.15, 0.2) is 41.6 Å². The number of sulfone groups is 1. The average Bonchev–Trinajstić information content (AvgIpc) is 3.05. The summed E-state index contributed by atoms with van der Waals surface area (Å²) >= 11 is 0. The Kier molecular flexibility index (Phi) is 4.33. The first-order chi connectivity index (χ1) is 12.5. The molecular weight excluding hydrogens is 354 g/mol. The first-order valence-electron chi connectivity index (χ1n) is 8.36. The molecule has 0 radical (unpaired) electrons. The maximum absolute atomic E-state index is 11.5. The van der Waals surface area contributed by atoms with Crippen molar-refractivity contribution in [2.45, 2.75) is 23.8 Å². The quantitative estimate of drug-likeness (QED) is 0.749. The number of hydrogen-bond donors (Lipinski definition) is 1. The van der Waals surface area contributed by atoms with Crippen molar-refractivity contribution in [2.75, 3.05) is 24.8 Å². The molecule has 136 valence electrons. The molecule has 0 aliphatic carbocycles. The summed E-state index contributed by atoms with van der Waals surface area (Å²) < 4.78 is 30.4. The van der Waals surface area contributed by atoms with Gasteiger partial charge in [-0.3, -0.25) is 4.68 Å². The normalized spacial score (nSPS) is 16.0. The van der Waals surface area contributed by atoms with E-state index in [0.717, 1.165) is 31.4 Å². The first kappa shape index (κ1) is 16.9. The lowest BCUT2D eigenvalue weighted by atomic mass is 10.1. The van der Waals surface area contributed by atoms with Crippen molar-refractivity contribution in [1.29, 1.82) is 0 Å². The lowest BCUT2D eigenvalue weighted by Gasteiger charge is -2.21. The number of hydrogen-bond acceptors (Lipinski definition) is 7. The van der Waals surface area contributed by atoms with Gasteiger partial charge in [-0.05, 0) is 37.1 Å². The van der Waals surface area contributed by atoms with Crippen LogP contribution < -0.4 is 5.32 Å². The lowest BCUT2D eigenvalue weighted by Crippen LogP contribution is -2.19. The minimum Gasteiger partial charge on any atom is -0.381 e. The molecule has 0 atom stereocenters. The van der Waals surface area contributed by atoms with E-state index in [1.807, 2.05) is 10.9 Å². The van der Waals surface area contributed by atoms with Crippen molar-refractivity contribution in [2.24, 2.45) is 0 Å². The van der Waals surface area contributed by atoms with Crippen LogP contribution in [0.25, 0.3) is 11.0 Å². The Bertz CT molecular complexity index is 1020. The van der Waals surface area contributed by atoms with Crippen LogP contribution in [0.1, 0.15) is 18.9 Å². The maximum Gasteiger partial charge on any atom is 0.229 e. The second kappa shape index (κ2) is 6.65. The molecule has 4 rings (SSSR count). The molecular formula is C17H19N5O3S. The summed E-state index contributed by atoms with van der Waals surface area (Å²) in [6, 6.07) is 6.80. The Labute approximate surface area is 151 Å². The highest BCUT2D eigenvalue weighted by atomic mass is 32.2. The van der Waals surface area contributed by atoms with Gasteiger partial charge < -0.3 is 10.1 Å². The van der Waals surface area contributed by atoms with Crippen molar-refractivity contribution >= 4 is 32.5 Å². The predicted molar refractivity (Wildman–Crippen MR) is 97.2 cm³/mol. The first-order valence-corrected chi connectivity index (χ1v) is 10.2. The summed E-state index contributed by atoms with van der Waals surface area (Å²) in [6.07, 6.45) is 6.77. The lowest BCUT2D eigenvalue weighted by molar-refractivity contribution is 0.0664. The molecule has 1 fully saturated rings. The van der Waals surface area contributed by atoms with Gasteiger partial charge in [0.05, 0.1) is 16.3 Å². The Morgan fingerprint density at radius 3 is 2.62 bits per heavy atom.